The van der Waals surface area contributed by atoms with Crippen LogP contribution in [0, 0.1) is 12.7 Å². The van der Waals surface area contributed by atoms with Crippen LogP contribution in [0.1, 0.15) is 5.56 Å². The maximum atomic E-state index is 14.0. The van der Waals surface area contributed by atoms with Gasteiger partial charge in [0.1, 0.15) is 11.6 Å². The summed E-state index contributed by atoms with van der Waals surface area (Å²) in [6, 6.07) is 15.2. The maximum absolute atomic E-state index is 14.0. The first kappa shape index (κ1) is 16.5. The average Bonchev–Trinajstić information content (AvgIpc) is 2.69. The van der Waals surface area contributed by atoms with E-state index in [9.17, 15) is 4.39 Å². The Kier molecular flexibility index (Phi) is 4.52. The highest BCUT2D eigenvalue weighted by Gasteiger charge is 2.20. The lowest BCUT2D eigenvalue weighted by Crippen LogP contribution is -2.47. The predicted molar refractivity (Wildman–Crippen MR) is 103 cm³/mol. The third-order valence-electron chi connectivity index (χ3n) is 4.77. The van der Waals surface area contributed by atoms with Crippen molar-refractivity contribution in [3.05, 3.63) is 72.3 Å². The molecule has 0 spiro atoms. The molecule has 0 unspecified atom stereocenters. The summed E-state index contributed by atoms with van der Waals surface area (Å²) in [4.78, 5) is 13.5. The van der Waals surface area contributed by atoms with Gasteiger partial charge in [-0.15, -0.1) is 0 Å². The number of aromatic nitrogens is 2. The molecule has 0 amide bonds. The Hall–Kier alpha value is -2.95. The van der Waals surface area contributed by atoms with E-state index >= 15 is 0 Å². The van der Waals surface area contributed by atoms with Crippen LogP contribution in [0.15, 0.2) is 60.9 Å². The molecule has 1 aliphatic rings. The van der Waals surface area contributed by atoms with Crippen molar-refractivity contribution in [3.8, 4) is 11.3 Å². The van der Waals surface area contributed by atoms with Crippen LogP contribution in [0.2, 0.25) is 0 Å². The minimum absolute atomic E-state index is 0.165. The molecular formula is C21H21FN4. The molecule has 132 valence electrons. The van der Waals surface area contributed by atoms with E-state index < -0.39 is 0 Å². The van der Waals surface area contributed by atoms with Crippen molar-refractivity contribution in [1.29, 1.82) is 0 Å². The molecule has 2 heterocycles. The molecule has 5 heteroatoms. The van der Waals surface area contributed by atoms with Crippen LogP contribution in [0.5, 0.6) is 0 Å². The summed E-state index contributed by atoms with van der Waals surface area (Å²) in [6.07, 6.45) is 3.60. The molecule has 0 bridgehead atoms. The number of halogens is 1. The molecule has 1 aromatic heterocycles. The van der Waals surface area contributed by atoms with Gasteiger partial charge in [0.25, 0.3) is 0 Å². The van der Waals surface area contributed by atoms with Crippen LogP contribution < -0.4 is 9.80 Å². The van der Waals surface area contributed by atoms with Gasteiger partial charge in [0, 0.05) is 31.7 Å². The van der Waals surface area contributed by atoms with Gasteiger partial charge in [-0.05, 0) is 19.1 Å². The fraction of sp³-hybridized carbons (Fsp3) is 0.238. The molecule has 0 aliphatic carbocycles. The van der Waals surface area contributed by atoms with Gasteiger partial charge in [-0.1, -0.05) is 42.0 Å². The second-order valence-corrected chi connectivity index (χ2v) is 6.55. The average molecular weight is 348 g/mol. The monoisotopic (exact) mass is 348 g/mol. The Morgan fingerprint density at radius 1 is 0.846 bits per heavy atom. The van der Waals surface area contributed by atoms with Crippen LogP contribution in [-0.4, -0.2) is 36.1 Å². The normalized spacial score (nSPS) is 14.5. The van der Waals surface area contributed by atoms with Gasteiger partial charge in [-0.3, -0.25) is 4.98 Å². The summed E-state index contributed by atoms with van der Waals surface area (Å²) < 4.78 is 14.0. The maximum Gasteiger partial charge on any atom is 0.147 e. The molecule has 4 rings (SSSR count). The first-order valence-electron chi connectivity index (χ1n) is 8.84. The molecular weight excluding hydrogens is 327 g/mol. The standard InChI is InChI=1S/C21H21FN4/c1-16-6-8-17(9-7-16)19-14-23-15-21(24-19)26-12-10-25(11-13-26)20-5-3-2-4-18(20)22/h2-9,14-15H,10-13H2,1H3. The Balaban J connectivity index is 1.49. The van der Waals surface area contributed by atoms with Gasteiger partial charge >= 0.3 is 0 Å². The number of rotatable bonds is 3. The SMILES string of the molecule is Cc1ccc(-c2cncc(N3CCN(c4ccccc4F)CC3)n2)cc1. The van der Waals surface area contributed by atoms with Crippen LogP contribution in [0.25, 0.3) is 11.3 Å². The Bertz CT molecular complexity index is 887. The Labute approximate surface area is 152 Å². The van der Waals surface area contributed by atoms with Gasteiger partial charge < -0.3 is 9.80 Å². The van der Waals surface area contributed by atoms with Crippen LogP contribution in [0.4, 0.5) is 15.9 Å². The lowest BCUT2D eigenvalue weighted by Gasteiger charge is -2.36. The zero-order valence-corrected chi connectivity index (χ0v) is 14.8. The summed E-state index contributed by atoms with van der Waals surface area (Å²) in [5.74, 6) is 0.707. The van der Waals surface area contributed by atoms with Gasteiger partial charge in [-0.2, -0.15) is 0 Å². The molecule has 0 radical (unpaired) electrons. The molecule has 26 heavy (non-hydrogen) atoms. The zero-order valence-electron chi connectivity index (χ0n) is 14.8. The highest BCUT2D eigenvalue weighted by molar-refractivity contribution is 5.60. The second kappa shape index (κ2) is 7.12. The summed E-state index contributed by atoms with van der Waals surface area (Å²) in [5, 5.41) is 0. The van der Waals surface area contributed by atoms with E-state index in [1.807, 2.05) is 12.1 Å². The van der Waals surface area contributed by atoms with E-state index in [0.717, 1.165) is 43.3 Å². The van der Waals surface area contributed by atoms with E-state index in [4.69, 9.17) is 4.98 Å². The first-order valence-corrected chi connectivity index (χ1v) is 8.84. The molecule has 3 aromatic rings. The zero-order chi connectivity index (χ0) is 17.9. The molecule has 0 atom stereocenters. The van der Waals surface area contributed by atoms with E-state index in [0.29, 0.717) is 5.69 Å². The number of aryl methyl sites for hydroxylation is 1. The summed E-state index contributed by atoms with van der Waals surface area (Å²) in [6.45, 7) is 5.18. The van der Waals surface area contributed by atoms with Crippen molar-refractivity contribution in [2.24, 2.45) is 0 Å². The lowest BCUT2D eigenvalue weighted by molar-refractivity contribution is 0.596. The molecule has 2 aromatic carbocycles. The van der Waals surface area contributed by atoms with E-state index in [-0.39, 0.29) is 5.82 Å². The minimum Gasteiger partial charge on any atom is -0.366 e. The minimum atomic E-state index is -0.165. The lowest BCUT2D eigenvalue weighted by atomic mass is 10.1. The van der Waals surface area contributed by atoms with Crippen molar-refractivity contribution in [2.75, 3.05) is 36.0 Å². The molecule has 1 fully saturated rings. The van der Waals surface area contributed by atoms with Crippen molar-refractivity contribution < 1.29 is 4.39 Å². The number of piperazine rings is 1. The highest BCUT2D eigenvalue weighted by atomic mass is 19.1. The summed E-state index contributed by atoms with van der Waals surface area (Å²) in [5.41, 5.74) is 3.84. The van der Waals surface area contributed by atoms with Gasteiger partial charge in [0.15, 0.2) is 0 Å². The van der Waals surface area contributed by atoms with E-state index in [1.165, 1.54) is 11.6 Å². The highest BCUT2D eigenvalue weighted by Crippen LogP contribution is 2.23. The smallest absolute Gasteiger partial charge is 0.147 e. The summed E-state index contributed by atoms with van der Waals surface area (Å²) >= 11 is 0. The molecule has 0 saturated carbocycles. The third kappa shape index (κ3) is 3.38. The van der Waals surface area contributed by atoms with Crippen molar-refractivity contribution in [2.45, 2.75) is 6.92 Å². The largest absolute Gasteiger partial charge is 0.366 e. The predicted octanol–water partition coefficient (Wildman–Crippen LogP) is 3.92. The molecule has 4 nitrogen and oxygen atoms in total. The number of hydrogen-bond acceptors (Lipinski definition) is 4. The number of anilines is 2. The van der Waals surface area contributed by atoms with E-state index in [1.54, 1.807) is 18.5 Å². The van der Waals surface area contributed by atoms with Crippen molar-refractivity contribution in [3.63, 3.8) is 0 Å². The quantitative estimate of drug-likeness (QED) is 0.718. The topological polar surface area (TPSA) is 32.3 Å². The number of para-hydroxylation sites is 1. The fourth-order valence-corrected chi connectivity index (χ4v) is 3.26. The fourth-order valence-electron chi connectivity index (χ4n) is 3.26. The molecule has 0 N–H and O–H groups in total. The Morgan fingerprint density at radius 2 is 1.54 bits per heavy atom. The van der Waals surface area contributed by atoms with Crippen molar-refractivity contribution in [1.82, 2.24) is 9.97 Å². The van der Waals surface area contributed by atoms with Crippen LogP contribution in [-0.2, 0) is 0 Å². The second-order valence-electron chi connectivity index (χ2n) is 6.55. The third-order valence-corrected chi connectivity index (χ3v) is 4.77. The van der Waals surface area contributed by atoms with Gasteiger partial charge in [0.05, 0.1) is 23.8 Å². The Morgan fingerprint density at radius 3 is 2.27 bits per heavy atom. The molecule has 1 aliphatic heterocycles. The number of nitrogens with zero attached hydrogens (tertiary/aromatic N) is 4. The number of benzene rings is 2. The van der Waals surface area contributed by atoms with Gasteiger partial charge in [-0.25, -0.2) is 9.37 Å². The van der Waals surface area contributed by atoms with Gasteiger partial charge in [0.2, 0.25) is 0 Å². The molecule has 1 saturated heterocycles. The first-order chi connectivity index (χ1) is 12.7. The number of hydrogen-bond donors (Lipinski definition) is 0. The summed E-state index contributed by atoms with van der Waals surface area (Å²) in [7, 11) is 0. The van der Waals surface area contributed by atoms with Crippen molar-refractivity contribution >= 4 is 11.5 Å². The van der Waals surface area contributed by atoms with Crippen LogP contribution in [0.3, 0.4) is 0 Å². The van der Waals surface area contributed by atoms with Crippen LogP contribution >= 0.6 is 0 Å². The van der Waals surface area contributed by atoms with E-state index in [2.05, 4.69) is 46.0 Å².